The normalized spacial score (nSPS) is 18.3. The third kappa shape index (κ3) is 1.38. The van der Waals surface area contributed by atoms with Crippen LogP contribution in [0.1, 0.15) is 38.9 Å². The minimum absolute atomic E-state index is 0.0140. The highest BCUT2D eigenvalue weighted by atomic mass is 16.2. The summed E-state index contributed by atoms with van der Waals surface area (Å²) >= 11 is 0. The molecule has 3 rings (SSSR count). The second-order valence-corrected chi connectivity index (χ2v) is 4.84. The second-order valence-electron chi connectivity index (χ2n) is 4.84. The van der Waals surface area contributed by atoms with Crippen molar-refractivity contribution in [3.05, 3.63) is 52.3 Å². The van der Waals surface area contributed by atoms with E-state index in [-0.39, 0.29) is 11.9 Å². The Hall–Kier alpha value is -2.10. The SMILES string of the molecule is Cc1ccc([C@@H]2c3c(n[nH]c3C)C(=O)N2C)cc1. The molecule has 1 aliphatic heterocycles. The average Bonchev–Trinajstić information content (AvgIpc) is 2.84. The van der Waals surface area contributed by atoms with Gasteiger partial charge in [-0.15, -0.1) is 0 Å². The molecule has 4 heteroatoms. The van der Waals surface area contributed by atoms with Crippen molar-refractivity contribution in [2.75, 3.05) is 7.05 Å². The third-order valence-electron chi connectivity index (χ3n) is 3.57. The van der Waals surface area contributed by atoms with Crippen molar-refractivity contribution in [2.45, 2.75) is 19.9 Å². The van der Waals surface area contributed by atoms with Crippen LogP contribution in [0, 0.1) is 13.8 Å². The number of nitrogens with zero attached hydrogens (tertiary/aromatic N) is 2. The molecule has 0 bridgehead atoms. The van der Waals surface area contributed by atoms with Gasteiger partial charge in [0, 0.05) is 18.3 Å². The highest BCUT2D eigenvalue weighted by molar-refractivity contribution is 5.98. The Bertz CT molecular complexity index is 612. The van der Waals surface area contributed by atoms with Gasteiger partial charge in [-0.25, -0.2) is 0 Å². The molecule has 4 nitrogen and oxygen atoms in total. The van der Waals surface area contributed by atoms with Crippen LogP contribution in [-0.2, 0) is 0 Å². The lowest BCUT2D eigenvalue weighted by molar-refractivity contribution is 0.0787. The van der Waals surface area contributed by atoms with Crippen LogP contribution in [0.5, 0.6) is 0 Å². The number of fused-ring (bicyclic) bond motifs is 1. The van der Waals surface area contributed by atoms with Gasteiger partial charge in [0.05, 0.1) is 6.04 Å². The summed E-state index contributed by atoms with van der Waals surface area (Å²) in [6.45, 7) is 4.02. The van der Waals surface area contributed by atoms with Crippen molar-refractivity contribution in [1.82, 2.24) is 15.1 Å². The lowest BCUT2D eigenvalue weighted by Crippen LogP contribution is -2.24. The van der Waals surface area contributed by atoms with Crippen molar-refractivity contribution < 1.29 is 4.79 Å². The number of benzene rings is 1. The van der Waals surface area contributed by atoms with Gasteiger partial charge < -0.3 is 4.90 Å². The van der Waals surface area contributed by atoms with E-state index in [0.29, 0.717) is 5.69 Å². The van der Waals surface area contributed by atoms with Crippen molar-refractivity contribution in [3.63, 3.8) is 0 Å². The number of carbonyl (C=O) groups is 1. The first-order chi connectivity index (χ1) is 8.59. The fraction of sp³-hybridized carbons (Fsp3) is 0.286. The van der Waals surface area contributed by atoms with Crippen molar-refractivity contribution in [1.29, 1.82) is 0 Å². The van der Waals surface area contributed by atoms with Crippen LogP contribution < -0.4 is 0 Å². The molecule has 0 radical (unpaired) electrons. The van der Waals surface area contributed by atoms with E-state index < -0.39 is 0 Å². The van der Waals surface area contributed by atoms with E-state index in [1.807, 2.05) is 14.0 Å². The molecule has 0 fully saturated rings. The van der Waals surface area contributed by atoms with Crippen LogP contribution >= 0.6 is 0 Å². The molecule has 2 aromatic rings. The number of H-pyrrole nitrogens is 1. The standard InChI is InChI=1S/C14H15N3O/c1-8-4-6-10(7-5-8)13-11-9(2)15-16-12(11)14(18)17(13)3/h4-7,13H,1-3H3,(H,15,16)/t13-/m1/s1. The summed E-state index contributed by atoms with van der Waals surface area (Å²) in [5, 5.41) is 7.01. The largest absolute Gasteiger partial charge is 0.329 e. The summed E-state index contributed by atoms with van der Waals surface area (Å²) in [6.07, 6.45) is 0. The molecule has 0 aliphatic carbocycles. The molecule has 0 unspecified atom stereocenters. The molecule has 1 atom stereocenters. The fourth-order valence-corrected chi connectivity index (χ4v) is 2.55. The Kier molecular flexibility index (Phi) is 2.26. The lowest BCUT2D eigenvalue weighted by atomic mass is 9.99. The van der Waals surface area contributed by atoms with Crippen molar-refractivity contribution >= 4 is 5.91 Å². The Labute approximate surface area is 106 Å². The monoisotopic (exact) mass is 241 g/mol. The van der Waals surface area contributed by atoms with Crippen LogP contribution in [0.3, 0.4) is 0 Å². The van der Waals surface area contributed by atoms with Gasteiger partial charge in [-0.3, -0.25) is 9.89 Å². The zero-order valence-electron chi connectivity index (χ0n) is 10.7. The number of aromatic nitrogens is 2. The maximum absolute atomic E-state index is 12.1. The van der Waals surface area contributed by atoms with Gasteiger partial charge >= 0.3 is 0 Å². The number of amides is 1. The molecule has 0 spiro atoms. The van der Waals surface area contributed by atoms with Gasteiger partial charge in [0.2, 0.25) is 0 Å². The van der Waals surface area contributed by atoms with E-state index in [2.05, 4.69) is 41.4 Å². The minimum atomic E-state index is -0.0214. The summed E-state index contributed by atoms with van der Waals surface area (Å²) < 4.78 is 0. The average molecular weight is 241 g/mol. The lowest BCUT2D eigenvalue weighted by Gasteiger charge is -2.21. The number of carbonyl (C=O) groups excluding carboxylic acids is 1. The molecule has 1 amide bonds. The van der Waals surface area contributed by atoms with Crippen LogP contribution in [0.25, 0.3) is 0 Å². The summed E-state index contributed by atoms with van der Waals surface area (Å²) in [5.41, 5.74) is 4.87. The van der Waals surface area contributed by atoms with E-state index in [0.717, 1.165) is 16.8 Å². The van der Waals surface area contributed by atoms with Gasteiger partial charge in [-0.1, -0.05) is 29.8 Å². The van der Waals surface area contributed by atoms with Gasteiger partial charge in [0.15, 0.2) is 5.69 Å². The van der Waals surface area contributed by atoms with Crippen molar-refractivity contribution in [2.24, 2.45) is 0 Å². The number of aromatic amines is 1. The number of hydrogen-bond acceptors (Lipinski definition) is 2. The Morgan fingerprint density at radius 1 is 1.22 bits per heavy atom. The topological polar surface area (TPSA) is 49.0 Å². The summed E-state index contributed by atoms with van der Waals surface area (Å²) in [7, 11) is 1.83. The number of rotatable bonds is 1. The smallest absolute Gasteiger partial charge is 0.275 e. The zero-order chi connectivity index (χ0) is 12.9. The highest BCUT2D eigenvalue weighted by Gasteiger charge is 2.38. The third-order valence-corrected chi connectivity index (χ3v) is 3.57. The van der Waals surface area contributed by atoms with Crippen LogP contribution in [0.4, 0.5) is 0 Å². The number of hydrogen-bond donors (Lipinski definition) is 1. The maximum Gasteiger partial charge on any atom is 0.275 e. The van der Waals surface area contributed by atoms with Crippen molar-refractivity contribution in [3.8, 4) is 0 Å². The van der Waals surface area contributed by atoms with Gasteiger partial charge in [0.25, 0.3) is 5.91 Å². The highest BCUT2D eigenvalue weighted by Crippen LogP contribution is 2.37. The molecule has 1 N–H and O–H groups in total. The van der Waals surface area contributed by atoms with Gasteiger partial charge in [0.1, 0.15) is 0 Å². The van der Waals surface area contributed by atoms with E-state index in [1.165, 1.54) is 5.56 Å². The summed E-state index contributed by atoms with van der Waals surface area (Å²) in [6, 6.07) is 8.27. The molecule has 1 aromatic heterocycles. The predicted molar refractivity (Wildman–Crippen MR) is 68.4 cm³/mol. The number of aryl methyl sites for hydroxylation is 2. The number of nitrogens with one attached hydrogen (secondary N) is 1. The maximum atomic E-state index is 12.1. The van der Waals surface area contributed by atoms with E-state index in [1.54, 1.807) is 4.90 Å². The second kappa shape index (κ2) is 3.70. The molecule has 0 saturated heterocycles. The first-order valence-corrected chi connectivity index (χ1v) is 5.98. The first-order valence-electron chi connectivity index (χ1n) is 5.98. The minimum Gasteiger partial charge on any atom is -0.329 e. The van der Waals surface area contributed by atoms with Gasteiger partial charge in [-0.05, 0) is 19.4 Å². The van der Waals surface area contributed by atoms with Crippen LogP contribution in [0.2, 0.25) is 0 Å². The molecule has 2 heterocycles. The fourth-order valence-electron chi connectivity index (χ4n) is 2.55. The quantitative estimate of drug-likeness (QED) is 0.832. The van der Waals surface area contributed by atoms with Gasteiger partial charge in [-0.2, -0.15) is 5.10 Å². The van der Waals surface area contributed by atoms with E-state index in [4.69, 9.17) is 0 Å². The summed E-state index contributed by atoms with van der Waals surface area (Å²) in [5.74, 6) is -0.0140. The molecule has 1 aromatic carbocycles. The predicted octanol–water partition coefficient (Wildman–Crippen LogP) is 2.20. The molecular formula is C14H15N3O. The first kappa shape index (κ1) is 11.0. The van der Waals surface area contributed by atoms with E-state index in [9.17, 15) is 4.79 Å². The van der Waals surface area contributed by atoms with Crippen LogP contribution in [0.15, 0.2) is 24.3 Å². The molecule has 92 valence electrons. The molecule has 0 saturated carbocycles. The Morgan fingerprint density at radius 3 is 2.56 bits per heavy atom. The van der Waals surface area contributed by atoms with E-state index >= 15 is 0 Å². The molecular weight excluding hydrogens is 226 g/mol. The zero-order valence-corrected chi connectivity index (χ0v) is 10.7. The summed E-state index contributed by atoms with van der Waals surface area (Å²) in [4.78, 5) is 13.9. The Morgan fingerprint density at radius 2 is 1.89 bits per heavy atom. The molecule has 1 aliphatic rings. The Balaban J connectivity index is 2.14. The molecule has 18 heavy (non-hydrogen) atoms. The van der Waals surface area contributed by atoms with Crippen LogP contribution in [-0.4, -0.2) is 28.1 Å².